The van der Waals surface area contributed by atoms with Crippen LogP contribution in [0.15, 0.2) is 39.7 Å². The zero-order valence-electron chi connectivity index (χ0n) is 24.9. The number of nitrogens with zero attached hydrogens (tertiary/aromatic N) is 4. The molecule has 1 saturated heterocycles. The molecule has 10 nitrogen and oxygen atoms in total. The van der Waals surface area contributed by atoms with Crippen LogP contribution in [0.2, 0.25) is 0 Å². The molecule has 3 atom stereocenters. The Kier molecular flexibility index (Phi) is 9.39. The molecular weight excluding hydrogens is 555 g/mol. The van der Waals surface area contributed by atoms with Gasteiger partial charge in [0.25, 0.3) is 5.56 Å². The van der Waals surface area contributed by atoms with Crippen molar-refractivity contribution in [2.45, 2.75) is 77.9 Å². The van der Waals surface area contributed by atoms with Gasteiger partial charge in [0.05, 0.1) is 11.6 Å². The Morgan fingerprint density at radius 1 is 1.21 bits per heavy atom. The van der Waals surface area contributed by atoms with Crippen molar-refractivity contribution in [2.24, 2.45) is 11.8 Å². The second kappa shape index (κ2) is 13.2. The Hall–Kier alpha value is -3.86. The molecule has 0 bridgehead atoms. The summed E-state index contributed by atoms with van der Waals surface area (Å²) in [7, 11) is 0. The number of hydrogen-bond acceptors (Lipinski definition) is 8. The Balaban J connectivity index is 1.19. The normalized spacial score (nSPS) is 19.4. The maximum absolute atomic E-state index is 13.6. The van der Waals surface area contributed by atoms with Crippen molar-refractivity contribution < 1.29 is 28.3 Å². The molecule has 5 rings (SSSR count). The summed E-state index contributed by atoms with van der Waals surface area (Å²) in [6.45, 7) is 8.46. The number of fused-ring (bicyclic) bond motifs is 2. The number of carboxylic acids is 1. The van der Waals surface area contributed by atoms with E-state index in [-0.39, 0.29) is 29.2 Å². The van der Waals surface area contributed by atoms with Crippen molar-refractivity contribution >= 4 is 22.9 Å². The summed E-state index contributed by atoms with van der Waals surface area (Å²) in [5, 5.41) is 13.9. The first-order valence-electron chi connectivity index (χ1n) is 15.1. The molecule has 1 fully saturated rings. The van der Waals surface area contributed by atoms with Crippen LogP contribution in [0.1, 0.15) is 80.7 Å². The average Bonchev–Trinajstić information content (AvgIpc) is 3.39. The summed E-state index contributed by atoms with van der Waals surface area (Å²) in [5.41, 5.74) is 2.64. The number of carbonyl (C=O) groups excluding carboxylic acids is 1. The van der Waals surface area contributed by atoms with Gasteiger partial charge in [-0.25, -0.2) is 14.2 Å². The molecular formula is C32H39FN4O6. The first kappa shape index (κ1) is 30.6. The van der Waals surface area contributed by atoms with Crippen molar-refractivity contribution in [3.63, 3.8) is 0 Å². The summed E-state index contributed by atoms with van der Waals surface area (Å²) in [6, 6.07) is 4.54. The number of allylic oxidation sites excluding steroid dienone is 1. The SMILES string of the molecule is Cc1nc2n(c(=O)c1CCN1CCC(c3noc4cc(F)ccc34)CC1)CCCC2OC(=O)C(C)CC(C)/C=C\C(=O)O. The van der Waals surface area contributed by atoms with Gasteiger partial charge in [-0.3, -0.25) is 14.2 Å². The number of aliphatic carboxylic acids is 1. The van der Waals surface area contributed by atoms with Gasteiger partial charge in [-0.05, 0) is 76.6 Å². The maximum Gasteiger partial charge on any atom is 0.327 e. The topological polar surface area (TPSA) is 128 Å². The zero-order valence-corrected chi connectivity index (χ0v) is 24.9. The molecule has 2 aliphatic heterocycles. The molecule has 2 aromatic heterocycles. The zero-order chi connectivity index (χ0) is 30.7. The minimum Gasteiger partial charge on any atom is -0.478 e. The van der Waals surface area contributed by atoms with Crippen LogP contribution in [0.4, 0.5) is 4.39 Å². The first-order chi connectivity index (χ1) is 20.6. The van der Waals surface area contributed by atoms with E-state index in [0.29, 0.717) is 54.9 Å². The van der Waals surface area contributed by atoms with E-state index >= 15 is 0 Å². The predicted molar refractivity (Wildman–Crippen MR) is 157 cm³/mol. The third-order valence-corrected chi connectivity index (χ3v) is 8.70. The first-order valence-corrected chi connectivity index (χ1v) is 15.1. The second-order valence-electron chi connectivity index (χ2n) is 11.9. The van der Waals surface area contributed by atoms with E-state index in [1.807, 2.05) is 13.8 Å². The molecule has 1 aromatic carbocycles. The van der Waals surface area contributed by atoms with E-state index in [0.717, 1.165) is 49.6 Å². The quantitative estimate of drug-likeness (QED) is 0.257. The minimum atomic E-state index is -1.02. The third kappa shape index (κ3) is 7.04. The number of likely N-dealkylation sites (tertiary alicyclic amines) is 1. The van der Waals surface area contributed by atoms with Crippen LogP contribution in [0.25, 0.3) is 11.0 Å². The van der Waals surface area contributed by atoms with Crippen LogP contribution in [-0.2, 0) is 27.3 Å². The van der Waals surface area contributed by atoms with Crippen molar-refractivity contribution in [3.05, 3.63) is 69.3 Å². The monoisotopic (exact) mass is 594 g/mol. The fourth-order valence-corrected chi connectivity index (χ4v) is 6.31. The number of carboxylic acid groups (broad SMARTS) is 1. The molecule has 43 heavy (non-hydrogen) atoms. The number of aromatic nitrogens is 3. The molecule has 230 valence electrons. The van der Waals surface area contributed by atoms with E-state index in [1.165, 1.54) is 12.1 Å². The molecule has 0 aliphatic carbocycles. The standard InChI is InChI=1S/C32H39FN4O6/c1-19(6-9-28(38)39)17-20(2)32(41)42-26-5-4-13-37-30(26)34-21(3)24(31(37)40)12-16-36-14-10-22(11-15-36)29-25-8-7-23(33)18-27(25)43-35-29/h6-9,18-20,22,26H,4-5,10-17H2,1-3H3,(H,38,39)/b9-6-. The third-order valence-electron chi connectivity index (χ3n) is 8.70. The van der Waals surface area contributed by atoms with Gasteiger partial charge >= 0.3 is 11.9 Å². The number of rotatable bonds is 10. The average molecular weight is 595 g/mol. The fraction of sp³-hybridized carbons (Fsp3) is 0.531. The van der Waals surface area contributed by atoms with Crippen molar-refractivity contribution in [1.29, 1.82) is 0 Å². The molecule has 0 saturated carbocycles. The summed E-state index contributed by atoms with van der Waals surface area (Å²) < 4.78 is 26.4. The number of benzene rings is 1. The lowest BCUT2D eigenvalue weighted by atomic mass is 9.91. The molecule has 0 amide bonds. The lowest BCUT2D eigenvalue weighted by Gasteiger charge is -2.31. The van der Waals surface area contributed by atoms with E-state index in [9.17, 15) is 18.8 Å². The summed E-state index contributed by atoms with van der Waals surface area (Å²) in [4.78, 5) is 44.3. The second-order valence-corrected chi connectivity index (χ2v) is 11.9. The van der Waals surface area contributed by atoms with Crippen LogP contribution in [-0.4, -0.2) is 56.3 Å². The number of aryl methyl sites for hydroxylation is 1. The van der Waals surface area contributed by atoms with Crippen molar-refractivity contribution in [1.82, 2.24) is 19.6 Å². The van der Waals surface area contributed by atoms with E-state index < -0.39 is 18.0 Å². The Morgan fingerprint density at radius 3 is 2.72 bits per heavy atom. The number of ether oxygens (including phenoxy) is 1. The van der Waals surface area contributed by atoms with Gasteiger partial charge in [0.2, 0.25) is 0 Å². The molecule has 1 N–H and O–H groups in total. The van der Waals surface area contributed by atoms with Gasteiger partial charge in [-0.1, -0.05) is 25.1 Å². The van der Waals surface area contributed by atoms with Crippen LogP contribution in [0, 0.1) is 24.6 Å². The number of carbonyl (C=O) groups is 2. The lowest BCUT2D eigenvalue weighted by Crippen LogP contribution is -2.38. The van der Waals surface area contributed by atoms with Gasteiger partial charge in [0.15, 0.2) is 17.5 Å². The summed E-state index contributed by atoms with van der Waals surface area (Å²) in [5.74, 6) is -1.52. The fourth-order valence-electron chi connectivity index (χ4n) is 6.31. The molecule has 11 heteroatoms. The lowest BCUT2D eigenvalue weighted by molar-refractivity contribution is -0.156. The minimum absolute atomic E-state index is 0.0695. The van der Waals surface area contributed by atoms with Gasteiger partial charge in [0, 0.05) is 47.8 Å². The Morgan fingerprint density at radius 2 is 1.98 bits per heavy atom. The van der Waals surface area contributed by atoms with E-state index in [4.69, 9.17) is 19.4 Å². The molecule has 2 aliphatic rings. The van der Waals surface area contributed by atoms with Crippen LogP contribution in [0.3, 0.4) is 0 Å². The highest BCUT2D eigenvalue weighted by molar-refractivity contribution is 5.80. The highest BCUT2D eigenvalue weighted by Gasteiger charge is 2.30. The van der Waals surface area contributed by atoms with Gasteiger partial charge in [-0.2, -0.15) is 0 Å². The number of halogens is 1. The highest BCUT2D eigenvalue weighted by Crippen LogP contribution is 2.33. The molecule has 3 unspecified atom stereocenters. The molecule has 4 heterocycles. The van der Waals surface area contributed by atoms with Crippen LogP contribution >= 0.6 is 0 Å². The molecule has 0 spiro atoms. The number of esters is 1. The highest BCUT2D eigenvalue weighted by atomic mass is 19.1. The Labute approximate surface area is 249 Å². The van der Waals surface area contributed by atoms with E-state index in [2.05, 4.69) is 10.1 Å². The largest absolute Gasteiger partial charge is 0.478 e. The predicted octanol–water partition coefficient (Wildman–Crippen LogP) is 4.94. The van der Waals surface area contributed by atoms with Crippen LogP contribution in [0.5, 0.6) is 0 Å². The molecule has 3 aromatic rings. The van der Waals surface area contributed by atoms with E-state index in [1.54, 1.807) is 23.6 Å². The summed E-state index contributed by atoms with van der Waals surface area (Å²) >= 11 is 0. The maximum atomic E-state index is 13.6. The van der Waals surface area contributed by atoms with Gasteiger partial charge in [0.1, 0.15) is 5.82 Å². The van der Waals surface area contributed by atoms with Crippen molar-refractivity contribution in [3.8, 4) is 0 Å². The van der Waals surface area contributed by atoms with Crippen LogP contribution < -0.4 is 5.56 Å². The van der Waals surface area contributed by atoms with Crippen molar-refractivity contribution in [2.75, 3.05) is 19.6 Å². The summed E-state index contributed by atoms with van der Waals surface area (Å²) in [6.07, 6.45) is 6.22. The smallest absolute Gasteiger partial charge is 0.327 e. The number of piperidine rings is 1. The molecule has 0 radical (unpaired) electrons. The number of hydrogen-bond donors (Lipinski definition) is 1. The Bertz CT molecular complexity index is 1570. The van der Waals surface area contributed by atoms with Gasteiger partial charge < -0.3 is 19.3 Å². The van der Waals surface area contributed by atoms with Gasteiger partial charge in [-0.15, -0.1) is 0 Å².